The van der Waals surface area contributed by atoms with E-state index in [2.05, 4.69) is 15.9 Å². The molecule has 0 saturated carbocycles. The molecular weight excluding hydrogens is 222 g/mol. The van der Waals surface area contributed by atoms with Crippen LogP contribution in [0, 0.1) is 0 Å². The van der Waals surface area contributed by atoms with Crippen molar-refractivity contribution in [3.05, 3.63) is 34.3 Å². The monoisotopic (exact) mass is 229 g/mol. The van der Waals surface area contributed by atoms with Crippen LogP contribution in [0.3, 0.4) is 0 Å². The zero-order valence-electron chi connectivity index (χ0n) is 6.49. The quantitative estimate of drug-likeness (QED) is 0.591. The van der Waals surface area contributed by atoms with Gasteiger partial charge in [-0.3, -0.25) is 10.0 Å². The Morgan fingerprint density at radius 3 is 2.33 bits per heavy atom. The fraction of sp³-hybridized carbons (Fsp3) is 0.125. The second-order valence-electron chi connectivity index (χ2n) is 2.34. The molecule has 12 heavy (non-hydrogen) atoms. The van der Waals surface area contributed by atoms with Gasteiger partial charge in [-0.25, -0.2) is 5.06 Å². The predicted molar refractivity (Wildman–Crippen MR) is 48.0 cm³/mol. The highest BCUT2D eigenvalue weighted by atomic mass is 79.9. The highest BCUT2D eigenvalue weighted by molar-refractivity contribution is 9.10. The molecule has 4 heteroatoms. The van der Waals surface area contributed by atoms with Crippen molar-refractivity contribution in [1.82, 2.24) is 5.06 Å². The summed E-state index contributed by atoms with van der Waals surface area (Å²) in [4.78, 5) is 11.1. The van der Waals surface area contributed by atoms with Crippen LogP contribution in [-0.2, 0) is 0 Å². The van der Waals surface area contributed by atoms with Gasteiger partial charge in [0.15, 0.2) is 0 Å². The number of nitrogens with zero attached hydrogens (tertiary/aromatic N) is 1. The Morgan fingerprint density at radius 2 is 1.92 bits per heavy atom. The van der Waals surface area contributed by atoms with Crippen LogP contribution >= 0.6 is 15.9 Å². The third kappa shape index (κ3) is 2.06. The second-order valence-corrected chi connectivity index (χ2v) is 3.25. The first-order chi connectivity index (χ1) is 5.61. The maximum Gasteiger partial charge on any atom is 0.276 e. The van der Waals surface area contributed by atoms with Crippen molar-refractivity contribution in [1.29, 1.82) is 0 Å². The first-order valence-corrected chi connectivity index (χ1v) is 4.13. The van der Waals surface area contributed by atoms with Gasteiger partial charge in [0.1, 0.15) is 0 Å². The molecule has 0 spiro atoms. The predicted octanol–water partition coefficient (Wildman–Crippen LogP) is 1.91. The summed E-state index contributed by atoms with van der Waals surface area (Å²) in [7, 11) is 1.30. The largest absolute Gasteiger partial charge is 0.286 e. The van der Waals surface area contributed by atoms with Gasteiger partial charge in [0.25, 0.3) is 5.91 Å². The van der Waals surface area contributed by atoms with Crippen molar-refractivity contribution in [2.75, 3.05) is 7.05 Å². The van der Waals surface area contributed by atoms with E-state index in [1.807, 2.05) is 0 Å². The van der Waals surface area contributed by atoms with E-state index in [0.717, 1.165) is 4.47 Å². The Bertz CT molecular complexity index is 282. The lowest BCUT2D eigenvalue weighted by atomic mass is 10.2. The molecule has 3 nitrogen and oxygen atoms in total. The van der Waals surface area contributed by atoms with Crippen molar-refractivity contribution in [3.8, 4) is 0 Å². The van der Waals surface area contributed by atoms with Crippen LogP contribution in [0.2, 0.25) is 0 Å². The molecule has 0 saturated heterocycles. The average Bonchev–Trinajstić information content (AvgIpc) is 2.04. The van der Waals surface area contributed by atoms with E-state index < -0.39 is 5.91 Å². The highest BCUT2D eigenvalue weighted by Crippen LogP contribution is 2.11. The molecule has 0 bridgehead atoms. The fourth-order valence-corrected chi connectivity index (χ4v) is 1.04. The van der Waals surface area contributed by atoms with Crippen molar-refractivity contribution < 1.29 is 10.0 Å². The van der Waals surface area contributed by atoms with Gasteiger partial charge in [-0.2, -0.15) is 0 Å². The van der Waals surface area contributed by atoms with Crippen LogP contribution in [0.4, 0.5) is 0 Å². The van der Waals surface area contributed by atoms with Crippen LogP contribution in [0.15, 0.2) is 28.7 Å². The van der Waals surface area contributed by atoms with Gasteiger partial charge in [-0.05, 0) is 24.3 Å². The SMILES string of the molecule is CN(O)C(=O)c1ccc(Br)cc1. The third-order valence-corrected chi connectivity index (χ3v) is 1.91. The summed E-state index contributed by atoms with van der Waals surface area (Å²) in [6.07, 6.45) is 0. The molecule has 1 amide bonds. The van der Waals surface area contributed by atoms with Crippen molar-refractivity contribution >= 4 is 21.8 Å². The summed E-state index contributed by atoms with van der Waals surface area (Å²) < 4.78 is 0.902. The number of rotatable bonds is 1. The molecule has 0 atom stereocenters. The van der Waals surface area contributed by atoms with Crippen LogP contribution in [0.1, 0.15) is 10.4 Å². The molecule has 0 unspecified atom stereocenters. The van der Waals surface area contributed by atoms with Gasteiger partial charge in [0.05, 0.1) is 0 Å². The molecule has 1 rings (SSSR count). The Balaban J connectivity index is 2.90. The van der Waals surface area contributed by atoms with Crippen LogP contribution < -0.4 is 0 Å². The van der Waals surface area contributed by atoms with Gasteiger partial charge in [0, 0.05) is 17.1 Å². The van der Waals surface area contributed by atoms with Gasteiger partial charge in [-0.15, -0.1) is 0 Å². The molecule has 0 aliphatic heterocycles. The van der Waals surface area contributed by atoms with E-state index in [0.29, 0.717) is 10.6 Å². The van der Waals surface area contributed by atoms with E-state index in [4.69, 9.17) is 5.21 Å². The first-order valence-electron chi connectivity index (χ1n) is 3.34. The third-order valence-electron chi connectivity index (χ3n) is 1.39. The Hall–Kier alpha value is -0.870. The van der Waals surface area contributed by atoms with Crippen LogP contribution in [0.5, 0.6) is 0 Å². The maximum absolute atomic E-state index is 11.1. The minimum absolute atomic E-state index is 0.414. The molecule has 0 heterocycles. The van der Waals surface area contributed by atoms with Gasteiger partial charge < -0.3 is 0 Å². The minimum atomic E-state index is -0.414. The summed E-state index contributed by atoms with van der Waals surface area (Å²) >= 11 is 3.24. The molecule has 1 aromatic rings. The normalized spacial score (nSPS) is 9.58. The van der Waals surface area contributed by atoms with Crippen molar-refractivity contribution in [3.63, 3.8) is 0 Å². The number of hydrogen-bond acceptors (Lipinski definition) is 2. The van der Waals surface area contributed by atoms with Gasteiger partial charge in [0.2, 0.25) is 0 Å². The number of hydroxylamine groups is 2. The summed E-state index contributed by atoms with van der Waals surface area (Å²) in [6.45, 7) is 0. The van der Waals surface area contributed by atoms with Crippen LogP contribution in [-0.4, -0.2) is 23.2 Å². The molecule has 0 aromatic heterocycles. The number of hydrogen-bond donors (Lipinski definition) is 1. The lowest BCUT2D eigenvalue weighted by Gasteiger charge is -2.07. The van der Waals surface area contributed by atoms with Crippen LogP contribution in [0.25, 0.3) is 0 Å². The standard InChI is InChI=1S/C8H8BrNO2/c1-10(12)8(11)6-2-4-7(9)5-3-6/h2-5,12H,1H3. The maximum atomic E-state index is 11.1. The topological polar surface area (TPSA) is 40.5 Å². The lowest BCUT2D eigenvalue weighted by Crippen LogP contribution is -2.22. The number of carbonyl (C=O) groups is 1. The summed E-state index contributed by atoms with van der Waals surface area (Å²) in [5.74, 6) is -0.414. The number of halogens is 1. The van der Waals surface area contributed by atoms with Gasteiger partial charge >= 0.3 is 0 Å². The van der Waals surface area contributed by atoms with Gasteiger partial charge in [-0.1, -0.05) is 15.9 Å². The average molecular weight is 230 g/mol. The zero-order valence-corrected chi connectivity index (χ0v) is 8.08. The summed E-state index contributed by atoms with van der Waals surface area (Å²) in [6, 6.07) is 6.77. The Kier molecular flexibility index (Phi) is 2.83. The number of amides is 1. The molecule has 0 aliphatic rings. The van der Waals surface area contributed by atoms with E-state index in [1.54, 1.807) is 24.3 Å². The van der Waals surface area contributed by atoms with E-state index in [1.165, 1.54) is 7.05 Å². The van der Waals surface area contributed by atoms with E-state index in [-0.39, 0.29) is 0 Å². The molecule has 0 radical (unpaired) electrons. The molecule has 1 N–H and O–H groups in total. The lowest BCUT2D eigenvalue weighted by molar-refractivity contribution is -0.0374. The highest BCUT2D eigenvalue weighted by Gasteiger charge is 2.07. The fourth-order valence-electron chi connectivity index (χ4n) is 0.779. The Labute approximate surface area is 78.7 Å². The zero-order chi connectivity index (χ0) is 9.14. The van der Waals surface area contributed by atoms with Crippen molar-refractivity contribution in [2.24, 2.45) is 0 Å². The molecule has 0 aliphatic carbocycles. The summed E-state index contributed by atoms with van der Waals surface area (Å²) in [5.41, 5.74) is 0.461. The minimum Gasteiger partial charge on any atom is -0.286 e. The number of benzene rings is 1. The molecular formula is C8H8BrNO2. The van der Waals surface area contributed by atoms with Crippen molar-refractivity contribution in [2.45, 2.75) is 0 Å². The molecule has 1 aromatic carbocycles. The molecule has 64 valence electrons. The second kappa shape index (κ2) is 3.69. The Morgan fingerprint density at radius 1 is 1.42 bits per heavy atom. The van der Waals surface area contributed by atoms with E-state index >= 15 is 0 Å². The van der Waals surface area contributed by atoms with E-state index in [9.17, 15) is 4.79 Å². The molecule has 0 fully saturated rings. The number of carbonyl (C=O) groups excluding carboxylic acids is 1. The summed E-state index contributed by atoms with van der Waals surface area (Å²) in [5, 5.41) is 9.37. The first kappa shape index (κ1) is 9.22. The smallest absolute Gasteiger partial charge is 0.276 e.